The SMILES string of the molecule is CCn1c(SCC(=O)NCC(=O)Nc2cc(C)ccc2OC)nc2cc(S(N)(=O)=O)ccc21. The second kappa shape index (κ2) is 10.2. The van der Waals surface area contributed by atoms with E-state index in [0.717, 1.165) is 11.1 Å². The van der Waals surface area contributed by atoms with Gasteiger partial charge in [0.15, 0.2) is 5.16 Å². The van der Waals surface area contributed by atoms with E-state index in [4.69, 9.17) is 9.88 Å². The molecule has 2 amide bonds. The Bertz CT molecular complexity index is 1300. The number of rotatable bonds is 9. The van der Waals surface area contributed by atoms with E-state index in [1.54, 1.807) is 18.2 Å². The number of primary sulfonamides is 1. The van der Waals surface area contributed by atoms with Gasteiger partial charge in [-0.3, -0.25) is 9.59 Å². The van der Waals surface area contributed by atoms with Gasteiger partial charge in [-0.15, -0.1) is 0 Å². The largest absolute Gasteiger partial charge is 0.495 e. The van der Waals surface area contributed by atoms with Crippen molar-refractivity contribution in [1.29, 1.82) is 0 Å². The van der Waals surface area contributed by atoms with Crippen LogP contribution in [0.4, 0.5) is 5.69 Å². The topological polar surface area (TPSA) is 145 Å². The molecular formula is C21H25N5O5S2. The zero-order valence-electron chi connectivity index (χ0n) is 18.4. The van der Waals surface area contributed by atoms with Crippen LogP contribution in [0, 0.1) is 6.92 Å². The highest BCUT2D eigenvalue weighted by Crippen LogP contribution is 2.26. The summed E-state index contributed by atoms with van der Waals surface area (Å²) in [5.74, 6) is -0.161. The van der Waals surface area contributed by atoms with Gasteiger partial charge in [0.05, 0.1) is 41.0 Å². The van der Waals surface area contributed by atoms with E-state index in [1.807, 2.05) is 24.5 Å². The number of hydrogen-bond acceptors (Lipinski definition) is 7. The number of carbonyl (C=O) groups is 2. The van der Waals surface area contributed by atoms with E-state index in [-0.39, 0.29) is 29.0 Å². The molecule has 3 rings (SSSR count). The Morgan fingerprint density at radius 1 is 1.18 bits per heavy atom. The third-order valence-electron chi connectivity index (χ3n) is 4.74. The van der Waals surface area contributed by atoms with Gasteiger partial charge in [-0.1, -0.05) is 17.8 Å². The van der Waals surface area contributed by atoms with Crippen LogP contribution in [0.3, 0.4) is 0 Å². The van der Waals surface area contributed by atoms with Gasteiger partial charge < -0.3 is 19.9 Å². The highest BCUT2D eigenvalue weighted by atomic mass is 32.2. The maximum Gasteiger partial charge on any atom is 0.243 e. The van der Waals surface area contributed by atoms with Gasteiger partial charge in [0.2, 0.25) is 21.8 Å². The number of aromatic nitrogens is 2. The van der Waals surface area contributed by atoms with Crippen molar-refractivity contribution < 1.29 is 22.7 Å². The predicted octanol–water partition coefficient (Wildman–Crippen LogP) is 1.87. The van der Waals surface area contributed by atoms with Crippen LogP contribution in [0.5, 0.6) is 5.75 Å². The minimum atomic E-state index is -3.84. The fourth-order valence-electron chi connectivity index (χ4n) is 3.15. The lowest BCUT2D eigenvalue weighted by Gasteiger charge is -2.11. The molecule has 0 saturated carbocycles. The third kappa shape index (κ3) is 6.03. The van der Waals surface area contributed by atoms with Crippen molar-refractivity contribution in [2.45, 2.75) is 30.4 Å². The molecule has 176 valence electrons. The molecule has 0 radical (unpaired) electrons. The van der Waals surface area contributed by atoms with Crippen molar-refractivity contribution in [1.82, 2.24) is 14.9 Å². The Hall–Kier alpha value is -3.09. The summed E-state index contributed by atoms with van der Waals surface area (Å²) in [5.41, 5.74) is 2.69. The summed E-state index contributed by atoms with van der Waals surface area (Å²) in [7, 11) is -2.33. The molecule has 3 aromatic rings. The Balaban J connectivity index is 1.60. The molecule has 0 aliphatic carbocycles. The van der Waals surface area contributed by atoms with Crippen LogP contribution in [0.25, 0.3) is 11.0 Å². The molecule has 0 fully saturated rings. The number of ether oxygens (including phenoxy) is 1. The number of nitrogens with two attached hydrogens (primary N) is 1. The first-order valence-corrected chi connectivity index (χ1v) is 12.5. The summed E-state index contributed by atoms with van der Waals surface area (Å²) in [5, 5.41) is 11.1. The highest BCUT2D eigenvalue weighted by Gasteiger charge is 2.16. The van der Waals surface area contributed by atoms with Crippen molar-refractivity contribution >= 4 is 50.3 Å². The number of fused-ring (bicyclic) bond motifs is 1. The number of anilines is 1. The lowest BCUT2D eigenvalue weighted by atomic mass is 10.2. The standard InChI is InChI=1S/C21H25N5O5S2/c1-4-26-17-7-6-14(33(22,29)30)10-15(17)25-21(26)32-12-20(28)23-11-19(27)24-16-9-13(2)5-8-18(16)31-3/h5-10H,4,11-12H2,1-3H3,(H,23,28)(H,24,27)(H2,22,29,30). The Morgan fingerprint density at radius 3 is 2.61 bits per heavy atom. The molecule has 12 heteroatoms. The van der Waals surface area contributed by atoms with E-state index < -0.39 is 10.0 Å². The number of benzene rings is 2. The van der Waals surface area contributed by atoms with Crippen molar-refractivity contribution in [3.05, 3.63) is 42.0 Å². The van der Waals surface area contributed by atoms with Crippen molar-refractivity contribution in [2.24, 2.45) is 5.14 Å². The first-order valence-electron chi connectivity index (χ1n) is 9.99. The number of sulfonamides is 1. The molecule has 33 heavy (non-hydrogen) atoms. The molecule has 0 aliphatic rings. The molecule has 0 spiro atoms. The molecule has 10 nitrogen and oxygen atoms in total. The molecule has 0 saturated heterocycles. The number of methoxy groups -OCH3 is 1. The summed E-state index contributed by atoms with van der Waals surface area (Å²) in [6, 6.07) is 9.88. The average molecular weight is 492 g/mol. The van der Waals surface area contributed by atoms with E-state index >= 15 is 0 Å². The van der Waals surface area contributed by atoms with Crippen LogP contribution in [0.1, 0.15) is 12.5 Å². The lowest BCUT2D eigenvalue weighted by molar-refractivity contribution is -0.122. The van der Waals surface area contributed by atoms with Crippen molar-refractivity contribution in [3.63, 3.8) is 0 Å². The lowest BCUT2D eigenvalue weighted by Crippen LogP contribution is -2.34. The normalized spacial score (nSPS) is 11.4. The molecule has 4 N–H and O–H groups in total. The number of thioether (sulfide) groups is 1. The monoisotopic (exact) mass is 491 g/mol. The van der Waals surface area contributed by atoms with Gasteiger partial charge in [0.25, 0.3) is 0 Å². The molecule has 0 atom stereocenters. The quantitative estimate of drug-likeness (QED) is 0.387. The molecular weight excluding hydrogens is 466 g/mol. The van der Waals surface area contributed by atoms with Gasteiger partial charge in [-0.2, -0.15) is 0 Å². The number of carbonyl (C=O) groups excluding carboxylic acids is 2. The van der Waals surface area contributed by atoms with Gasteiger partial charge in [-0.25, -0.2) is 18.5 Å². The van der Waals surface area contributed by atoms with Crippen LogP contribution in [0.15, 0.2) is 46.5 Å². The first-order chi connectivity index (χ1) is 15.6. The number of nitrogens with zero attached hydrogens (tertiary/aromatic N) is 2. The van der Waals surface area contributed by atoms with Gasteiger partial charge in [0.1, 0.15) is 5.75 Å². The summed E-state index contributed by atoms with van der Waals surface area (Å²) < 4.78 is 30.3. The summed E-state index contributed by atoms with van der Waals surface area (Å²) in [6.07, 6.45) is 0. The van der Waals surface area contributed by atoms with E-state index in [0.29, 0.717) is 28.7 Å². The number of hydrogen-bond donors (Lipinski definition) is 3. The van der Waals surface area contributed by atoms with E-state index in [2.05, 4.69) is 15.6 Å². The molecule has 0 bridgehead atoms. The molecule has 2 aromatic carbocycles. The fraction of sp³-hybridized carbons (Fsp3) is 0.286. The maximum absolute atomic E-state index is 12.3. The molecule has 0 aliphatic heterocycles. The molecule has 1 heterocycles. The highest BCUT2D eigenvalue weighted by molar-refractivity contribution is 7.99. The summed E-state index contributed by atoms with van der Waals surface area (Å²) >= 11 is 1.19. The maximum atomic E-state index is 12.3. The number of amides is 2. The Kier molecular flexibility index (Phi) is 7.61. The Morgan fingerprint density at radius 2 is 1.94 bits per heavy atom. The average Bonchev–Trinajstić information content (AvgIpc) is 3.12. The second-order valence-electron chi connectivity index (χ2n) is 7.15. The third-order valence-corrected chi connectivity index (χ3v) is 6.62. The molecule has 1 aromatic heterocycles. The fourth-order valence-corrected chi connectivity index (χ4v) is 4.60. The summed E-state index contributed by atoms with van der Waals surface area (Å²) in [4.78, 5) is 28.9. The van der Waals surface area contributed by atoms with Crippen LogP contribution < -0.4 is 20.5 Å². The second-order valence-corrected chi connectivity index (χ2v) is 9.66. The van der Waals surface area contributed by atoms with Gasteiger partial charge >= 0.3 is 0 Å². The Labute approximate surface area is 195 Å². The van der Waals surface area contributed by atoms with Crippen molar-refractivity contribution in [3.8, 4) is 5.75 Å². The van der Waals surface area contributed by atoms with Crippen LogP contribution in [-0.4, -0.2) is 49.2 Å². The van der Waals surface area contributed by atoms with E-state index in [1.165, 1.54) is 31.0 Å². The van der Waals surface area contributed by atoms with Gasteiger partial charge in [0, 0.05) is 6.54 Å². The van der Waals surface area contributed by atoms with Crippen LogP contribution >= 0.6 is 11.8 Å². The smallest absolute Gasteiger partial charge is 0.243 e. The van der Waals surface area contributed by atoms with Gasteiger partial charge in [-0.05, 0) is 49.7 Å². The predicted molar refractivity (Wildman–Crippen MR) is 127 cm³/mol. The zero-order valence-corrected chi connectivity index (χ0v) is 20.0. The zero-order chi connectivity index (χ0) is 24.2. The number of nitrogens with one attached hydrogen (secondary N) is 2. The minimum absolute atomic E-state index is 0.0266. The molecule has 0 unspecified atom stereocenters. The van der Waals surface area contributed by atoms with E-state index in [9.17, 15) is 18.0 Å². The number of aryl methyl sites for hydroxylation is 2. The van der Waals surface area contributed by atoms with Crippen LogP contribution in [-0.2, 0) is 26.2 Å². The van der Waals surface area contributed by atoms with Crippen molar-refractivity contribution in [2.75, 3.05) is 24.7 Å². The number of imidazole rings is 1. The first kappa shape index (κ1) is 24.6. The summed E-state index contributed by atoms with van der Waals surface area (Å²) in [6.45, 7) is 4.20. The van der Waals surface area contributed by atoms with Crippen LogP contribution in [0.2, 0.25) is 0 Å². The minimum Gasteiger partial charge on any atom is -0.495 e.